The average Bonchev–Trinajstić information content (AvgIpc) is 3.18. The van der Waals surface area contributed by atoms with Gasteiger partial charge in [0.25, 0.3) is 0 Å². The molecule has 0 radical (unpaired) electrons. The maximum absolute atomic E-state index is 13.0. The molecular weight excluding hydrogens is 452 g/mol. The number of benzene rings is 2. The summed E-state index contributed by atoms with van der Waals surface area (Å²) in [6, 6.07) is 15.8. The average molecular weight is 485 g/mol. The Bertz CT molecular complexity index is 960. The largest absolute Gasteiger partial charge is 0.460 e. The van der Waals surface area contributed by atoms with Crippen LogP contribution in [0.5, 0.6) is 0 Å². The van der Waals surface area contributed by atoms with Crippen molar-refractivity contribution < 1.29 is 19.1 Å². The number of likely N-dealkylation sites (N-methyl/N-ethyl adjacent to an activating group) is 1. The highest BCUT2D eigenvalue weighted by atomic mass is 35.5. The molecule has 0 bridgehead atoms. The summed E-state index contributed by atoms with van der Waals surface area (Å²) >= 11 is 0. The molecule has 2 aromatic rings. The number of rotatable bonds is 8. The van der Waals surface area contributed by atoms with Gasteiger partial charge in [0.1, 0.15) is 19.3 Å². The second kappa shape index (κ2) is 12.0. The number of carbonyl (C=O) groups is 2. The van der Waals surface area contributed by atoms with E-state index in [2.05, 4.69) is 36.2 Å². The van der Waals surface area contributed by atoms with Gasteiger partial charge in [-0.2, -0.15) is 0 Å². The third-order valence-corrected chi connectivity index (χ3v) is 6.72. The molecular formula is C27H33ClN2O4. The van der Waals surface area contributed by atoms with Crippen molar-refractivity contribution in [1.82, 2.24) is 10.2 Å². The zero-order valence-electron chi connectivity index (χ0n) is 19.6. The lowest BCUT2D eigenvalue weighted by Crippen LogP contribution is -2.46. The number of hydrogen-bond donors (Lipinski definition) is 1. The SMILES string of the molecule is C=CCOC(=O)[C@H](CC1CCNCC1)N(C)C(=O)OCC1c2ccccc2-c2ccccc21.Cl. The summed E-state index contributed by atoms with van der Waals surface area (Å²) < 4.78 is 11.1. The molecule has 1 atom stereocenters. The van der Waals surface area contributed by atoms with Crippen molar-refractivity contribution in [2.45, 2.75) is 31.2 Å². The minimum absolute atomic E-state index is 0. The molecule has 6 nitrogen and oxygen atoms in total. The lowest BCUT2D eigenvalue weighted by Gasteiger charge is -2.31. The quantitative estimate of drug-likeness (QED) is 0.431. The third kappa shape index (κ3) is 5.62. The highest BCUT2D eigenvalue weighted by molar-refractivity contribution is 5.85. The summed E-state index contributed by atoms with van der Waals surface area (Å²) in [4.78, 5) is 27.2. The fourth-order valence-corrected chi connectivity index (χ4v) is 4.91. The van der Waals surface area contributed by atoms with Crippen molar-refractivity contribution in [3.63, 3.8) is 0 Å². The maximum Gasteiger partial charge on any atom is 0.410 e. The number of amides is 1. The molecule has 0 saturated carbocycles. The van der Waals surface area contributed by atoms with Gasteiger partial charge in [-0.15, -0.1) is 12.4 Å². The maximum atomic E-state index is 13.0. The minimum atomic E-state index is -0.677. The first-order valence-corrected chi connectivity index (χ1v) is 11.7. The second-order valence-corrected chi connectivity index (χ2v) is 8.78. The first-order chi connectivity index (χ1) is 16.1. The third-order valence-electron chi connectivity index (χ3n) is 6.72. The van der Waals surface area contributed by atoms with Gasteiger partial charge in [0.2, 0.25) is 0 Å². The molecule has 0 aromatic heterocycles. The van der Waals surface area contributed by atoms with Crippen LogP contribution in [0.2, 0.25) is 0 Å². The Labute approximate surface area is 207 Å². The molecule has 1 saturated heterocycles. The molecule has 2 aliphatic rings. The zero-order valence-corrected chi connectivity index (χ0v) is 20.4. The topological polar surface area (TPSA) is 67.9 Å². The highest BCUT2D eigenvalue weighted by Crippen LogP contribution is 2.44. The number of carbonyl (C=O) groups excluding carboxylic acids is 2. The lowest BCUT2D eigenvalue weighted by molar-refractivity contribution is -0.148. The number of fused-ring (bicyclic) bond motifs is 3. The van der Waals surface area contributed by atoms with E-state index in [1.807, 2.05) is 24.3 Å². The van der Waals surface area contributed by atoms with Crippen LogP contribution in [0.3, 0.4) is 0 Å². The van der Waals surface area contributed by atoms with Crippen molar-refractivity contribution >= 4 is 24.5 Å². The molecule has 2 aromatic carbocycles. The Morgan fingerprint density at radius 2 is 1.65 bits per heavy atom. The number of nitrogens with one attached hydrogen (secondary N) is 1. The van der Waals surface area contributed by atoms with Gasteiger partial charge in [0, 0.05) is 13.0 Å². The van der Waals surface area contributed by atoms with E-state index in [-0.39, 0.29) is 31.5 Å². The van der Waals surface area contributed by atoms with E-state index in [0.29, 0.717) is 12.3 Å². The van der Waals surface area contributed by atoms with Crippen LogP contribution in [0.25, 0.3) is 11.1 Å². The van der Waals surface area contributed by atoms with Gasteiger partial charge in [0.15, 0.2) is 0 Å². The fourth-order valence-electron chi connectivity index (χ4n) is 4.91. The Morgan fingerprint density at radius 3 is 2.24 bits per heavy atom. The molecule has 1 heterocycles. The van der Waals surface area contributed by atoms with Crippen LogP contribution in [0, 0.1) is 5.92 Å². The number of piperidine rings is 1. The van der Waals surface area contributed by atoms with Gasteiger partial charge < -0.3 is 14.8 Å². The highest BCUT2D eigenvalue weighted by Gasteiger charge is 2.34. The molecule has 0 spiro atoms. The second-order valence-electron chi connectivity index (χ2n) is 8.78. The Morgan fingerprint density at radius 1 is 1.06 bits per heavy atom. The molecule has 34 heavy (non-hydrogen) atoms. The number of ether oxygens (including phenoxy) is 2. The molecule has 7 heteroatoms. The van der Waals surface area contributed by atoms with Gasteiger partial charge in [-0.3, -0.25) is 4.90 Å². The van der Waals surface area contributed by atoms with E-state index in [1.165, 1.54) is 22.1 Å². The van der Waals surface area contributed by atoms with Crippen LogP contribution in [-0.4, -0.2) is 56.4 Å². The summed E-state index contributed by atoms with van der Waals surface area (Å²) in [7, 11) is 1.62. The van der Waals surface area contributed by atoms with Crippen molar-refractivity contribution in [3.8, 4) is 11.1 Å². The van der Waals surface area contributed by atoms with Crippen molar-refractivity contribution in [2.24, 2.45) is 5.92 Å². The molecule has 1 N–H and O–H groups in total. The monoisotopic (exact) mass is 484 g/mol. The van der Waals surface area contributed by atoms with Gasteiger partial charge in [-0.05, 0) is 60.5 Å². The zero-order chi connectivity index (χ0) is 23.2. The van der Waals surface area contributed by atoms with Crippen molar-refractivity contribution in [2.75, 3.05) is 33.4 Å². The van der Waals surface area contributed by atoms with Crippen LogP contribution in [0.15, 0.2) is 61.2 Å². The number of halogens is 1. The van der Waals surface area contributed by atoms with E-state index < -0.39 is 18.1 Å². The lowest BCUT2D eigenvalue weighted by atomic mass is 9.90. The minimum Gasteiger partial charge on any atom is -0.460 e. The number of nitrogens with zero attached hydrogens (tertiary/aromatic N) is 1. The molecule has 1 amide bonds. The summed E-state index contributed by atoms with van der Waals surface area (Å²) in [6.07, 6.45) is 3.55. The standard InChI is InChI=1S/C27H32N2O4.ClH/c1-3-16-32-26(30)25(17-19-12-14-28-15-13-19)29(2)27(31)33-18-24-22-10-6-4-8-20(22)21-9-5-7-11-23(21)24;/h3-11,19,24-25,28H,1,12-18H2,2H3;1H/t25-;/m0./s1. The van der Waals surface area contributed by atoms with Crippen LogP contribution >= 0.6 is 12.4 Å². The Hall–Kier alpha value is -2.83. The van der Waals surface area contributed by atoms with E-state index in [1.54, 1.807) is 7.05 Å². The van der Waals surface area contributed by atoms with Crippen LogP contribution < -0.4 is 5.32 Å². The smallest absolute Gasteiger partial charge is 0.410 e. The van der Waals surface area contributed by atoms with Crippen LogP contribution in [-0.2, 0) is 14.3 Å². The normalized spacial score (nSPS) is 15.9. The molecule has 1 aliphatic carbocycles. The Balaban J connectivity index is 0.00000324. The van der Waals surface area contributed by atoms with E-state index in [4.69, 9.17) is 9.47 Å². The molecule has 0 unspecified atom stereocenters. The summed E-state index contributed by atoms with van der Waals surface area (Å²) in [6.45, 7) is 5.80. The Kier molecular flexibility index (Phi) is 9.13. The molecule has 182 valence electrons. The summed E-state index contributed by atoms with van der Waals surface area (Å²) in [5.74, 6) is -0.0776. The van der Waals surface area contributed by atoms with Gasteiger partial charge in [-0.1, -0.05) is 61.2 Å². The fraction of sp³-hybridized carbons (Fsp3) is 0.407. The first-order valence-electron chi connectivity index (χ1n) is 11.7. The van der Waals surface area contributed by atoms with Crippen molar-refractivity contribution in [3.05, 3.63) is 72.3 Å². The van der Waals surface area contributed by atoms with E-state index >= 15 is 0 Å². The van der Waals surface area contributed by atoms with Crippen molar-refractivity contribution in [1.29, 1.82) is 0 Å². The van der Waals surface area contributed by atoms with E-state index in [0.717, 1.165) is 37.1 Å². The molecule has 1 aliphatic heterocycles. The predicted octanol–water partition coefficient (Wildman–Crippen LogP) is 4.78. The first kappa shape index (κ1) is 25.8. The van der Waals surface area contributed by atoms with Gasteiger partial charge in [0.05, 0.1) is 0 Å². The number of hydrogen-bond acceptors (Lipinski definition) is 5. The summed E-state index contributed by atoms with van der Waals surface area (Å²) in [5.41, 5.74) is 4.68. The van der Waals surface area contributed by atoms with Crippen LogP contribution in [0.4, 0.5) is 4.79 Å². The van der Waals surface area contributed by atoms with Gasteiger partial charge >= 0.3 is 12.1 Å². The molecule has 1 fully saturated rings. The van der Waals surface area contributed by atoms with E-state index in [9.17, 15) is 9.59 Å². The molecule has 4 rings (SSSR count). The summed E-state index contributed by atoms with van der Waals surface area (Å²) in [5, 5.41) is 3.34. The predicted molar refractivity (Wildman–Crippen MR) is 135 cm³/mol. The number of esters is 1. The van der Waals surface area contributed by atoms with Crippen LogP contribution in [0.1, 0.15) is 36.3 Å². The van der Waals surface area contributed by atoms with Gasteiger partial charge in [-0.25, -0.2) is 9.59 Å².